The van der Waals surface area contributed by atoms with Crippen LogP contribution in [-0.4, -0.2) is 5.92 Å². The number of alkyl halides is 2. The van der Waals surface area contributed by atoms with Crippen molar-refractivity contribution in [3.05, 3.63) is 12.2 Å². The molecule has 0 spiro atoms. The summed E-state index contributed by atoms with van der Waals surface area (Å²) in [4.78, 5) is 0. The largest absolute Gasteiger partial charge is 0.266 e. The molecular formula is C7H12F2. The van der Waals surface area contributed by atoms with Crippen LogP contribution in [0.1, 0.15) is 26.7 Å². The highest BCUT2D eigenvalue weighted by atomic mass is 19.3. The van der Waals surface area contributed by atoms with Crippen molar-refractivity contribution < 1.29 is 8.78 Å². The van der Waals surface area contributed by atoms with Gasteiger partial charge in [-0.05, 0) is 13.0 Å². The van der Waals surface area contributed by atoms with Crippen LogP contribution in [0.3, 0.4) is 0 Å². The third-order valence-electron chi connectivity index (χ3n) is 0.994. The van der Waals surface area contributed by atoms with E-state index in [2.05, 4.69) is 0 Å². The van der Waals surface area contributed by atoms with E-state index in [9.17, 15) is 8.78 Å². The van der Waals surface area contributed by atoms with E-state index in [0.29, 0.717) is 6.42 Å². The first-order valence-corrected chi connectivity index (χ1v) is 3.14. The van der Waals surface area contributed by atoms with Gasteiger partial charge in [0.25, 0.3) is 5.92 Å². The molecular weight excluding hydrogens is 122 g/mol. The van der Waals surface area contributed by atoms with Crippen molar-refractivity contribution in [2.45, 2.75) is 32.6 Å². The molecule has 0 heterocycles. The van der Waals surface area contributed by atoms with Gasteiger partial charge in [0.15, 0.2) is 0 Å². The Morgan fingerprint density at radius 1 is 1.44 bits per heavy atom. The summed E-state index contributed by atoms with van der Waals surface area (Å²) >= 11 is 0. The summed E-state index contributed by atoms with van der Waals surface area (Å²) in [7, 11) is 0. The molecule has 0 aliphatic rings. The molecule has 0 radical (unpaired) electrons. The molecule has 54 valence electrons. The van der Waals surface area contributed by atoms with Gasteiger partial charge in [0, 0.05) is 6.42 Å². The molecule has 0 amide bonds. The SMILES string of the molecule is CC=CC(F)(F)CCC. The molecule has 0 aromatic carbocycles. The Kier molecular flexibility index (Phi) is 3.43. The molecule has 0 saturated heterocycles. The Morgan fingerprint density at radius 2 is 2.00 bits per heavy atom. The van der Waals surface area contributed by atoms with Crippen molar-refractivity contribution in [1.82, 2.24) is 0 Å². The average molecular weight is 134 g/mol. The van der Waals surface area contributed by atoms with E-state index in [1.54, 1.807) is 13.8 Å². The predicted molar refractivity (Wildman–Crippen MR) is 34.7 cm³/mol. The zero-order valence-corrected chi connectivity index (χ0v) is 5.82. The third-order valence-corrected chi connectivity index (χ3v) is 0.994. The molecule has 0 aromatic rings. The summed E-state index contributed by atoms with van der Waals surface area (Å²) in [5.74, 6) is -2.58. The van der Waals surface area contributed by atoms with Gasteiger partial charge in [-0.2, -0.15) is 0 Å². The monoisotopic (exact) mass is 134 g/mol. The fourth-order valence-corrected chi connectivity index (χ4v) is 0.660. The molecule has 0 N–H and O–H groups in total. The highest BCUT2D eigenvalue weighted by Gasteiger charge is 2.21. The second kappa shape index (κ2) is 3.59. The van der Waals surface area contributed by atoms with Crippen LogP contribution in [-0.2, 0) is 0 Å². The second-order valence-electron chi connectivity index (χ2n) is 2.01. The minimum absolute atomic E-state index is 0.0443. The maximum Gasteiger partial charge on any atom is 0.266 e. The van der Waals surface area contributed by atoms with Gasteiger partial charge in [-0.25, -0.2) is 8.78 Å². The van der Waals surface area contributed by atoms with Gasteiger partial charge in [-0.3, -0.25) is 0 Å². The lowest BCUT2D eigenvalue weighted by molar-refractivity contribution is 0.0448. The number of halogens is 2. The second-order valence-corrected chi connectivity index (χ2v) is 2.01. The van der Waals surface area contributed by atoms with E-state index in [-0.39, 0.29) is 6.42 Å². The first-order valence-electron chi connectivity index (χ1n) is 3.14. The minimum atomic E-state index is -2.58. The Hall–Kier alpha value is -0.400. The number of rotatable bonds is 3. The topological polar surface area (TPSA) is 0 Å². The molecule has 0 rings (SSSR count). The predicted octanol–water partition coefficient (Wildman–Crippen LogP) is 3.00. The van der Waals surface area contributed by atoms with Crippen molar-refractivity contribution in [3.63, 3.8) is 0 Å². The Labute approximate surface area is 54.6 Å². The first-order chi connectivity index (χ1) is 4.12. The van der Waals surface area contributed by atoms with Gasteiger partial charge < -0.3 is 0 Å². The third kappa shape index (κ3) is 4.13. The molecule has 2 heteroatoms. The van der Waals surface area contributed by atoms with Crippen LogP contribution in [0, 0.1) is 0 Å². The Balaban J connectivity index is 3.70. The molecule has 0 atom stereocenters. The van der Waals surface area contributed by atoms with Crippen LogP contribution in [0.15, 0.2) is 12.2 Å². The molecule has 0 aliphatic heterocycles. The Morgan fingerprint density at radius 3 is 2.33 bits per heavy atom. The molecule has 0 aliphatic carbocycles. The average Bonchev–Trinajstić information content (AvgIpc) is 1.64. The van der Waals surface area contributed by atoms with E-state index in [1.807, 2.05) is 0 Å². The number of hydrogen-bond acceptors (Lipinski definition) is 0. The van der Waals surface area contributed by atoms with Crippen LogP contribution in [0.25, 0.3) is 0 Å². The zero-order valence-electron chi connectivity index (χ0n) is 5.82. The van der Waals surface area contributed by atoms with Gasteiger partial charge >= 0.3 is 0 Å². The zero-order chi connectivity index (χ0) is 7.33. The standard InChI is InChI=1S/C7H12F2/c1-3-5-7(8,9)6-4-2/h3,5H,4,6H2,1-2H3. The fourth-order valence-electron chi connectivity index (χ4n) is 0.660. The van der Waals surface area contributed by atoms with Crippen LogP contribution in [0.5, 0.6) is 0 Å². The summed E-state index contributed by atoms with van der Waals surface area (Å²) < 4.78 is 24.7. The van der Waals surface area contributed by atoms with Crippen molar-refractivity contribution in [2.75, 3.05) is 0 Å². The summed E-state index contributed by atoms with van der Waals surface area (Å²) in [6.07, 6.45) is 2.81. The lowest BCUT2D eigenvalue weighted by Crippen LogP contribution is -2.10. The van der Waals surface area contributed by atoms with Crippen LogP contribution >= 0.6 is 0 Å². The molecule has 0 bridgehead atoms. The summed E-state index contributed by atoms with van der Waals surface area (Å²) in [5, 5.41) is 0. The lowest BCUT2D eigenvalue weighted by atomic mass is 10.2. The van der Waals surface area contributed by atoms with Gasteiger partial charge in [-0.15, -0.1) is 0 Å². The van der Waals surface area contributed by atoms with Crippen LogP contribution in [0.4, 0.5) is 8.78 Å². The quantitative estimate of drug-likeness (QED) is 0.520. The molecule has 0 aromatic heterocycles. The lowest BCUT2D eigenvalue weighted by Gasteiger charge is -2.08. The van der Waals surface area contributed by atoms with Crippen LogP contribution in [0.2, 0.25) is 0 Å². The van der Waals surface area contributed by atoms with Crippen molar-refractivity contribution in [2.24, 2.45) is 0 Å². The minimum Gasteiger partial charge on any atom is -0.202 e. The summed E-state index contributed by atoms with van der Waals surface area (Å²) in [5.41, 5.74) is 0. The van der Waals surface area contributed by atoms with Crippen molar-refractivity contribution in [1.29, 1.82) is 0 Å². The highest BCUT2D eigenvalue weighted by Crippen LogP contribution is 2.21. The summed E-state index contributed by atoms with van der Waals surface area (Å²) in [6.45, 7) is 3.35. The van der Waals surface area contributed by atoms with E-state index in [1.165, 1.54) is 6.08 Å². The van der Waals surface area contributed by atoms with E-state index in [0.717, 1.165) is 6.08 Å². The van der Waals surface area contributed by atoms with Crippen molar-refractivity contribution >= 4 is 0 Å². The van der Waals surface area contributed by atoms with Crippen LogP contribution < -0.4 is 0 Å². The fraction of sp³-hybridized carbons (Fsp3) is 0.714. The molecule has 0 unspecified atom stereocenters. The van der Waals surface area contributed by atoms with Gasteiger partial charge in [-0.1, -0.05) is 19.4 Å². The molecule has 0 fully saturated rings. The summed E-state index contributed by atoms with van der Waals surface area (Å²) in [6, 6.07) is 0. The molecule has 0 nitrogen and oxygen atoms in total. The molecule has 0 saturated carbocycles. The normalized spacial score (nSPS) is 12.9. The highest BCUT2D eigenvalue weighted by molar-refractivity contribution is 4.91. The van der Waals surface area contributed by atoms with Crippen molar-refractivity contribution in [3.8, 4) is 0 Å². The maximum atomic E-state index is 12.3. The first kappa shape index (κ1) is 8.60. The maximum absolute atomic E-state index is 12.3. The van der Waals surface area contributed by atoms with Gasteiger partial charge in [0.1, 0.15) is 0 Å². The Bertz CT molecular complexity index is 95.1. The van der Waals surface area contributed by atoms with Gasteiger partial charge in [0.2, 0.25) is 0 Å². The number of allylic oxidation sites excluding steroid dienone is 2. The van der Waals surface area contributed by atoms with Gasteiger partial charge in [0.05, 0.1) is 0 Å². The molecule has 9 heavy (non-hydrogen) atoms. The van der Waals surface area contributed by atoms with E-state index >= 15 is 0 Å². The van der Waals surface area contributed by atoms with E-state index in [4.69, 9.17) is 0 Å². The smallest absolute Gasteiger partial charge is 0.202 e. The number of hydrogen-bond donors (Lipinski definition) is 0. The van der Waals surface area contributed by atoms with E-state index < -0.39 is 5.92 Å².